The van der Waals surface area contributed by atoms with Gasteiger partial charge in [-0.25, -0.2) is 23.0 Å². The summed E-state index contributed by atoms with van der Waals surface area (Å²) < 4.78 is 67.6. The number of likely N-dealkylation sites (tertiary alicyclic amines) is 1. The summed E-state index contributed by atoms with van der Waals surface area (Å²) in [6.07, 6.45) is 1.23. The highest BCUT2D eigenvalue weighted by atomic mass is 19.2. The number of ether oxygens (including phenoxy) is 2. The molecule has 2 saturated heterocycles. The first-order valence-corrected chi connectivity index (χ1v) is 14.9. The molecule has 0 radical (unpaired) electrons. The zero-order valence-electron chi connectivity index (χ0n) is 25.1. The second kappa shape index (κ2) is 14.6. The number of rotatable bonds is 9. The Morgan fingerprint density at radius 3 is 2.49 bits per heavy atom. The molecule has 1 amide bonds. The van der Waals surface area contributed by atoms with Gasteiger partial charge in [-0.1, -0.05) is 11.8 Å². The molecule has 240 valence electrons. The van der Waals surface area contributed by atoms with Crippen LogP contribution in [0.5, 0.6) is 5.75 Å². The van der Waals surface area contributed by atoms with Gasteiger partial charge < -0.3 is 9.47 Å². The van der Waals surface area contributed by atoms with E-state index in [0.717, 1.165) is 30.8 Å². The standard InChI is InChI=1S/C33H36F4N4O4/c1-44-24-4-5-29-25(19-24)30(23(20-38-29)21-41-13-15-45-16-14-41)26(34)6-7-33(32(42)39-43)8-11-40(12-9-33)10-2-3-22-17-27(35)31(37)28(36)18-22/h4-5,17-20,26,43H,6-16,21H2,1H3,(H,39,42). The lowest BCUT2D eigenvalue weighted by Crippen LogP contribution is -2.48. The molecule has 0 saturated carbocycles. The van der Waals surface area contributed by atoms with E-state index in [9.17, 15) is 23.2 Å². The highest BCUT2D eigenvalue weighted by Crippen LogP contribution is 2.41. The number of nitrogens with zero attached hydrogens (tertiary/aromatic N) is 3. The first-order valence-electron chi connectivity index (χ1n) is 14.9. The van der Waals surface area contributed by atoms with Crippen molar-refractivity contribution in [1.29, 1.82) is 0 Å². The largest absolute Gasteiger partial charge is 0.497 e. The second-order valence-corrected chi connectivity index (χ2v) is 11.5. The van der Waals surface area contributed by atoms with Crippen LogP contribution in [-0.4, -0.2) is 78.9 Å². The summed E-state index contributed by atoms with van der Waals surface area (Å²) >= 11 is 0. The molecule has 2 aromatic carbocycles. The minimum absolute atomic E-state index is 0.0145. The quantitative estimate of drug-likeness (QED) is 0.114. The maximum absolute atomic E-state index is 16.5. The molecule has 45 heavy (non-hydrogen) atoms. The van der Waals surface area contributed by atoms with Crippen LogP contribution in [-0.2, 0) is 16.1 Å². The van der Waals surface area contributed by atoms with Gasteiger partial charge >= 0.3 is 0 Å². The molecule has 0 aliphatic carbocycles. The Balaban J connectivity index is 1.30. The smallest absolute Gasteiger partial charge is 0.249 e. The highest BCUT2D eigenvalue weighted by molar-refractivity contribution is 5.85. The molecule has 2 aliphatic heterocycles. The van der Waals surface area contributed by atoms with Gasteiger partial charge in [0.2, 0.25) is 5.91 Å². The molecule has 1 unspecified atom stereocenters. The number of aromatic nitrogens is 1. The Kier molecular flexibility index (Phi) is 10.6. The van der Waals surface area contributed by atoms with E-state index in [0.29, 0.717) is 67.9 Å². The molecule has 8 nitrogen and oxygen atoms in total. The summed E-state index contributed by atoms with van der Waals surface area (Å²) in [5, 5.41) is 10.3. The lowest BCUT2D eigenvalue weighted by Gasteiger charge is -2.40. The number of hydroxylamine groups is 1. The molecule has 3 aromatic rings. The molecular formula is C33H36F4N4O4. The second-order valence-electron chi connectivity index (χ2n) is 11.5. The number of halogens is 4. The van der Waals surface area contributed by atoms with Crippen LogP contribution in [0, 0.1) is 34.7 Å². The maximum Gasteiger partial charge on any atom is 0.249 e. The van der Waals surface area contributed by atoms with Gasteiger partial charge in [0.05, 0.1) is 37.8 Å². The topological polar surface area (TPSA) is 87.2 Å². The monoisotopic (exact) mass is 628 g/mol. The third-order valence-corrected chi connectivity index (χ3v) is 8.80. The Hall–Kier alpha value is -3.76. The zero-order chi connectivity index (χ0) is 32.0. The predicted molar refractivity (Wildman–Crippen MR) is 159 cm³/mol. The number of hydrogen-bond donors (Lipinski definition) is 2. The number of methoxy groups -OCH3 is 1. The fourth-order valence-corrected chi connectivity index (χ4v) is 6.13. The molecule has 2 aliphatic rings. The predicted octanol–water partition coefficient (Wildman–Crippen LogP) is 4.92. The summed E-state index contributed by atoms with van der Waals surface area (Å²) in [6, 6.07) is 7.03. The van der Waals surface area contributed by atoms with Crippen molar-refractivity contribution in [2.24, 2.45) is 5.41 Å². The van der Waals surface area contributed by atoms with Gasteiger partial charge in [0, 0.05) is 55.4 Å². The lowest BCUT2D eigenvalue weighted by atomic mass is 9.73. The summed E-state index contributed by atoms with van der Waals surface area (Å²) in [7, 11) is 1.55. The van der Waals surface area contributed by atoms with Crippen molar-refractivity contribution < 1.29 is 37.0 Å². The number of benzene rings is 2. The van der Waals surface area contributed by atoms with E-state index in [1.165, 1.54) is 0 Å². The van der Waals surface area contributed by atoms with Crippen molar-refractivity contribution in [3.8, 4) is 17.6 Å². The van der Waals surface area contributed by atoms with Crippen LogP contribution in [0.25, 0.3) is 10.9 Å². The summed E-state index contributed by atoms with van der Waals surface area (Å²) in [5.74, 6) is 1.33. The van der Waals surface area contributed by atoms with Gasteiger partial charge in [-0.2, -0.15) is 0 Å². The number of nitrogens with one attached hydrogen (secondary N) is 1. The van der Waals surface area contributed by atoms with Gasteiger partial charge in [0.25, 0.3) is 0 Å². The van der Waals surface area contributed by atoms with Crippen molar-refractivity contribution in [2.45, 2.75) is 38.4 Å². The molecule has 12 heteroatoms. The number of amides is 1. The highest BCUT2D eigenvalue weighted by Gasteiger charge is 2.41. The molecule has 1 atom stereocenters. The summed E-state index contributed by atoms with van der Waals surface area (Å²) in [5.41, 5.74) is 2.73. The van der Waals surface area contributed by atoms with Gasteiger partial charge in [-0.15, -0.1) is 0 Å². The molecular weight excluding hydrogens is 592 g/mol. The van der Waals surface area contributed by atoms with Gasteiger partial charge in [0.15, 0.2) is 17.5 Å². The van der Waals surface area contributed by atoms with Gasteiger partial charge in [-0.05, 0) is 61.6 Å². The number of alkyl halides is 1. The number of carbonyl (C=O) groups is 1. The first kappa shape index (κ1) is 32.6. The molecule has 1 aromatic heterocycles. The average molecular weight is 629 g/mol. The van der Waals surface area contributed by atoms with Crippen LogP contribution in [0.4, 0.5) is 17.6 Å². The van der Waals surface area contributed by atoms with Crippen LogP contribution in [0.2, 0.25) is 0 Å². The number of carbonyl (C=O) groups excluding carboxylic acids is 1. The molecule has 2 N–H and O–H groups in total. The van der Waals surface area contributed by atoms with Crippen molar-refractivity contribution in [3.05, 3.63) is 70.7 Å². The Morgan fingerprint density at radius 1 is 1.11 bits per heavy atom. The van der Waals surface area contributed by atoms with Crippen molar-refractivity contribution >= 4 is 16.8 Å². The third-order valence-electron chi connectivity index (χ3n) is 8.80. The number of fused-ring (bicyclic) bond motifs is 1. The fourth-order valence-electron chi connectivity index (χ4n) is 6.13. The van der Waals surface area contributed by atoms with E-state index >= 15 is 4.39 Å². The van der Waals surface area contributed by atoms with Crippen LogP contribution >= 0.6 is 0 Å². The number of piperidine rings is 1. The summed E-state index contributed by atoms with van der Waals surface area (Å²) in [4.78, 5) is 21.7. The fraction of sp³-hybridized carbons (Fsp3) is 0.455. The van der Waals surface area contributed by atoms with Crippen LogP contribution < -0.4 is 10.2 Å². The van der Waals surface area contributed by atoms with Crippen LogP contribution in [0.3, 0.4) is 0 Å². The number of morpholine rings is 1. The third kappa shape index (κ3) is 7.56. The Labute approximate surface area is 259 Å². The first-order chi connectivity index (χ1) is 21.7. The number of hydrogen-bond acceptors (Lipinski definition) is 7. The van der Waals surface area contributed by atoms with Gasteiger partial charge in [-0.3, -0.25) is 24.8 Å². The van der Waals surface area contributed by atoms with Crippen LogP contribution in [0.15, 0.2) is 36.5 Å². The zero-order valence-corrected chi connectivity index (χ0v) is 25.1. The molecule has 0 spiro atoms. The summed E-state index contributed by atoms with van der Waals surface area (Å²) in [6.45, 7) is 4.29. The van der Waals surface area contributed by atoms with E-state index in [1.54, 1.807) is 37.0 Å². The average Bonchev–Trinajstić information content (AvgIpc) is 3.06. The Morgan fingerprint density at radius 2 is 1.82 bits per heavy atom. The molecule has 5 rings (SSSR count). The molecule has 2 fully saturated rings. The van der Waals surface area contributed by atoms with E-state index in [2.05, 4.69) is 21.7 Å². The van der Waals surface area contributed by atoms with Crippen molar-refractivity contribution in [1.82, 2.24) is 20.3 Å². The lowest BCUT2D eigenvalue weighted by molar-refractivity contribution is -0.143. The number of pyridine rings is 1. The van der Waals surface area contributed by atoms with E-state index in [4.69, 9.17) is 9.47 Å². The SMILES string of the molecule is COc1ccc2ncc(CN3CCOCC3)c(C(F)CCC3(C(=O)NO)CCN(CC#Cc4cc(F)c(F)c(F)c4)CC3)c2c1. The Bertz CT molecular complexity index is 1560. The van der Waals surface area contributed by atoms with Crippen molar-refractivity contribution in [2.75, 3.05) is 53.0 Å². The van der Waals surface area contributed by atoms with Crippen molar-refractivity contribution in [3.63, 3.8) is 0 Å². The van der Waals surface area contributed by atoms with E-state index < -0.39 is 34.9 Å². The van der Waals surface area contributed by atoms with E-state index in [-0.39, 0.29) is 24.9 Å². The molecule has 3 heterocycles. The minimum Gasteiger partial charge on any atom is -0.497 e. The maximum atomic E-state index is 16.5. The van der Waals surface area contributed by atoms with Crippen LogP contribution in [0.1, 0.15) is 48.5 Å². The molecule has 0 bridgehead atoms. The van der Waals surface area contributed by atoms with Gasteiger partial charge in [0.1, 0.15) is 11.9 Å². The minimum atomic E-state index is -1.55. The van der Waals surface area contributed by atoms with E-state index in [1.807, 2.05) is 4.90 Å². The normalized spacial score (nSPS) is 17.8.